The van der Waals surface area contributed by atoms with Crippen molar-refractivity contribution in [3.8, 4) is 0 Å². The molecular weight excluding hydrogens is 353 g/mol. The predicted octanol–water partition coefficient (Wildman–Crippen LogP) is 3.81. The quantitative estimate of drug-likeness (QED) is 0.858. The Bertz CT molecular complexity index is 684. The molecule has 23 heavy (non-hydrogen) atoms. The van der Waals surface area contributed by atoms with E-state index >= 15 is 0 Å². The van der Waals surface area contributed by atoms with Crippen molar-refractivity contribution in [2.45, 2.75) is 32.2 Å². The highest BCUT2D eigenvalue weighted by Crippen LogP contribution is 2.26. The zero-order valence-corrected chi connectivity index (χ0v) is 15.2. The van der Waals surface area contributed by atoms with Crippen LogP contribution >= 0.6 is 35.3 Å². The van der Waals surface area contributed by atoms with E-state index in [9.17, 15) is 4.79 Å². The number of anilines is 1. The molecule has 1 atom stereocenters. The van der Waals surface area contributed by atoms with Crippen molar-refractivity contribution in [2.75, 3.05) is 11.9 Å². The number of rotatable bonds is 4. The summed E-state index contributed by atoms with van der Waals surface area (Å²) in [4.78, 5) is 17.4. The second-order valence-electron chi connectivity index (χ2n) is 5.49. The highest BCUT2D eigenvalue weighted by Gasteiger charge is 2.22. The van der Waals surface area contributed by atoms with Crippen molar-refractivity contribution in [1.29, 1.82) is 0 Å². The molecule has 4 nitrogen and oxygen atoms in total. The molecule has 7 heteroatoms. The van der Waals surface area contributed by atoms with Gasteiger partial charge in [0.15, 0.2) is 5.13 Å². The van der Waals surface area contributed by atoms with Crippen LogP contribution in [0, 0.1) is 6.92 Å². The molecule has 0 saturated carbocycles. The fourth-order valence-electron chi connectivity index (χ4n) is 2.58. The number of aryl methyl sites for hydroxylation is 1. The molecule has 1 aliphatic rings. The van der Waals surface area contributed by atoms with Gasteiger partial charge in [-0.25, -0.2) is 4.98 Å². The molecule has 2 aromatic rings. The van der Waals surface area contributed by atoms with Crippen LogP contribution in [0.1, 0.15) is 28.8 Å². The standard InChI is InChI=1S/C16H18ClN3OS.ClH/c1-10-4-2-5-11(14(10)17)8-12-9-19-16(22-12)20-15(21)13-6-3-7-18-13;/h2,4-5,9,13,18H,3,6-8H2,1H3,(H,19,20,21);1H. The number of benzene rings is 1. The first-order chi connectivity index (χ1) is 10.6. The molecule has 1 amide bonds. The van der Waals surface area contributed by atoms with Crippen molar-refractivity contribution in [3.63, 3.8) is 0 Å². The number of halogens is 2. The van der Waals surface area contributed by atoms with Gasteiger partial charge in [0.2, 0.25) is 5.91 Å². The minimum Gasteiger partial charge on any atom is -0.306 e. The van der Waals surface area contributed by atoms with Crippen molar-refractivity contribution in [3.05, 3.63) is 45.4 Å². The van der Waals surface area contributed by atoms with Crippen molar-refractivity contribution >= 4 is 46.4 Å². The van der Waals surface area contributed by atoms with Crippen LogP contribution < -0.4 is 10.6 Å². The summed E-state index contributed by atoms with van der Waals surface area (Å²) in [6.45, 7) is 2.91. The van der Waals surface area contributed by atoms with Crippen molar-refractivity contribution < 1.29 is 4.79 Å². The van der Waals surface area contributed by atoms with Gasteiger partial charge in [-0.1, -0.05) is 29.8 Å². The van der Waals surface area contributed by atoms with E-state index < -0.39 is 0 Å². The maximum atomic E-state index is 12.1. The van der Waals surface area contributed by atoms with E-state index in [1.807, 2.05) is 25.1 Å². The highest BCUT2D eigenvalue weighted by molar-refractivity contribution is 7.15. The number of carbonyl (C=O) groups excluding carboxylic acids is 1. The lowest BCUT2D eigenvalue weighted by Crippen LogP contribution is -2.35. The molecule has 1 aliphatic heterocycles. The van der Waals surface area contributed by atoms with Crippen molar-refractivity contribution in [1.82, 2.24) is 10.3 Å². The van der Waals surface area contributed by atoms with Crippen LogP contribution in [-0.4, -0.2) is 23.5 Å². The number of thiazole rings is 1. The van der Waals surface area contributed by atoms with Crippen LogP contribution in [0.5, 0.6) is 0 Å². The summed E-state index contributed by atoms with van der Waals surface area (Å²) in [5, 5.41) is 7.53. The Hall–Kier alpha value is -1.14. The number of amides is 1. The monoisotopic (exact) mass is 371 g/mol. The second-order valence-corrected chi connectivity index (χ2v) is 6.99. The van der Waals surface area contributed by atoms with Gasteiger partial charge in [0.1, 0.15) is 0 Å². The van der Waals surface area contributed by atoms with Gasteiger partial charge in [-0.15, -0.1) is 23.7 Å². The number of hydrogen-bond donors (Lipinski definition) is 2. The van der Waals surface area contributed by atoms with E-state index in [-0.39, 0.29) is 24.4 Å². The predicted molar refractivity (Wildman–Crippen MR) is 98.0 cm³/mol. The van der Waals surface area contributed by atoms with Gasteiger partial charge in [-0.2, -0.15) is 0 Å². The summed E-state index contributed by atoms with van der Waals surface area (Å²) in [7, 11) is 0. The number of nitrogens with zero attached hydrogens (tertiary/aromatic N) is 1. The molecule has 124 valence electrons. The summed E-state index contributed by atoms with van der Waals surface area (Å²) in [6, 6.07) is 5.94. The third kappa shape index (κ3) is 4.44. The van der Waals surface area contributed by atoms with E-state index in [0.717, 1.165) is 46.8 Å². The molecule has 2 N–H and O–H groups in total. The average Bonchev–Trinajstić information content (AvgIpc) is 3.15. The van der Waals surface area contributed by atoms with Crippen LogP contribution in [0.3, 0.4) is 0 Å². The fraction of sp³-hybridized carbons (Fsp3) is 0.375. The minimum atomic E-state index is -0.0847. The molecule has 0 bridgehead atoms. The smallest absolute Gasteiger partial charge is 0.243 e. The molecule has 1 saturated heterocycles. The van der Waals surface area contributed by atoms with E-state index in [2.05, 4.69) is 15.6 Å². The summed E-state index contributed by atoms with van der Waals surface area (Å²) in [6.07, 6.45) is 4.48. The number of carbonyl (C=O) groups is 1. The van der Waals surface area contributed by atoms with Crippen LogP contribution in [0.4, 0.5) is 5.13 Å². The second kappa shape index (κ2) is 8.11. The topological polar surface area (TPSA) is 54.0 Å². The summed E-state index contributed by atoms with van der Waals surface area (Å²) < 4.78 is 0. The van der Waals surface area contributed by atoms with Crippen LogP contribution in [-0.2, 0) is 11.2 Å². The van der Waals surface area contributed by atoms with Crippen molar-refractivity contribution in [2.24, 2.45) is 0 Å². The lowest BCUT2D eigenvalue weighted by atomic mass is 10.1. The highest BCUT2D eigenvalue weighted by atomic mass is 35.5. The van der Waals surface area contributed by atoms with Crippen LogP contribution in [0.15, 0.2) is 24.4 Å². The first kappa shape index (κ1) is 18.2. The Balaban J connectivity index is 0.00000192. The molecule has 3 rings (SSSR count). The molecule has 0 radical (unpaired) electrons. The first-order valence-electron chi connectivity index (χ1n) is 7.36. The number of hydrogen-bond acceptors (Lipinski definition) is 4. The van der Waals surface area contributed by atoms with Gasteiger partial charge in [-0.05, 0) is 37.4 Å². The SMILES string of the molecule is Cc1cccc(Cc2cnc(NC(=O)C3CCCN3)s2)c1Cl.Cl. The summed E-state index contributed by atoms with van der Waals surface area (Å²) in [5.74, 6) is 0.00647. The number of nitrogens with one attached hydrogen (secondary N) is 2. The maximum absolute atomic E-state index is 12.1. The minimum absolute atomic E-state index is 0. The van der Waals surface area contributed by atoms with Gasteiger partial charge in [0, 0.05) is 22.5 Å². The average molecular weight is 372 g/mol. The van der Waals surface area contributed by atoms with E-state index in [1.165, 1.54) is 11.3 Å². The first-order valence-corrected chi connectivity index (χ1v) is 8.56. The normalized spacial score (nSPS) is 16.9. The third-order valence-corrected chi connectivity index (χ3v) is 5.25. The molecule has 1 aromatic heterocycles. The number of aromatic nitrogens is 1. The lowest BCUT2D eigenvalue weighted by molar-refractivity contribution is -0.117. The summed E-state index contributed by atoms with van der Waals surface area (Å²) >= 11 is 7.83. The Morgan fingerprint density at radius 1 is 1.52 bits per heavy atom. The van der Waals surface area contributed by atoms with Gasteiger partial charge in [-0.3, -0.25) is 4.79 Å². The molecule has 0 aliphatic carbocycles. The molecule has 1 aromatic carbocycles. The largest absolute Gasteiger partial charge is 0.306 e. The maximum Gasteiger partial charge on any atom is 0.243 e. The zero-order valence-electron chi connectivity index (χ0n) is 12.8. The zero-order chi connectivity index (χ0) is 15.5. The van der Waals surface area contributed by atoms with Gasteiger partial charge in [0.05, 0.1) is 6.04 Å². The van der Waals surface area contributed by atoms with Gasteiger partial charge < -0.3 is 10.6 Å². The van der Waals surface area contributed by atoms with E-state index in [1.54, 1.807) is 6.20 Å². The fourth-order valence-corrected chi connectivity index (χ4v) is 3.61. The van der Waals surface area contributed by atoms with E-state index in [0.29, 0.717) is 5.13 Å². The van der Waals surface area contributed by atoms with Gasteiger partial charge >= 0.3 is 0 Å². The molecular formula is C16H19Cl2N3OS. The lowest BCUT2D eigenvalue weighted by Gasteiger charge is -2.08. The van der Waals surface area contributed by atoms with Crippen LogP contribution in [0.2, 0.25) is 5.02 Å². The molecule has 1 unspecified atom stereocenters. The third-order valence-electron chi connectivity index (χ3n) is 3.80. The molecule has 0 spiro atoms. The molecule has 2 heterocycles. The Kier molecular flexibility index (Phi) is 6.41. The Morgan fingerprint density at radius 2 is 2.35 bits per heavy atom. The van der Waals surface area contributed by atoms with E-state index in [4.69, 9.17) is 11.6 Å². The molecule has 1 fully saturated rings. The van der Waals surface area contributed by atoms with Gasteiger partial charge in [0.25, 0.3) is 0 Å². The Labute approximate surface area is 151 Å². The van der Waals surface area contributed by atoms with Crippen LogP contribution in [0.25, 0.3) is 0 Å². The Morgan fingerprint density at radius 3 is 3.09 bits per heavy atom. The summed E-state index contributed by atoms with van der Waals surface area (Å²) in [5.41, 5.74) is 2.16.